The number of carbonyl (C=O) groups is 1. The first-order valence-electron chi connectivity index (χ1n) is 6.89. The van der Waals surface area contributed by atoms with Crippen LogP contribution >= 0.6 is 24.2 Å². The van der Waals surface area contributed by atoms with E-state index in [0.29, 0.717) is 18.7 Å². The molecule has 7 heteroatoms. The SMILES string of the molecule is COc1cccc(OC(C)CNC(=O)[C@@H](N)CCSC)c1.Cl. The van der Waals surface area contributed by atoms with Gasteiger partial charge in [0, 0.05) is 6.07 Å². The molecule has 1 amide bonds. The van der Waals surface area contributed by atoms with Crippen molar-refractivity contribution >= 4 is 30.1 Å². The molecule has 0 aliphatic rings. The Labute approximate surface area is 142 Å². The minimum atomic E-state index is -0.457. The molecule has 2 atom stereocenters. The van der Waals surface area contributed by atoms with Gasteiger partial charge in [0.1, 0.15) is 17.6 Å². The van der Waals surface area contributed by atoms with Gasteiger partial charge in [0.15, 0.2) is 0 Å². The molecule has 126 valence electrons. The molecule has 0 heterocycles. The van der Waals surface area contributed by atoms with Crippen LogP contribution in [0.1, 0.15) is 13.3 Å². The third-order valence-electron chi connectivity index (χ3n) is 2.91. The number of carbonyl (C=O) groups excluding carboxylic acids is 1. The molecule has 3 N–H and O–H groups in total. The van der Waals surface area contributed by atoms with Crippen LogP contribution < -0.4 is 20.5 Å². The van der Waals surface area contributed by atoms with Crippen molar-refractivity contribution in [1.82, 2.24) is 5.32 Å². The number of nitrogens with one attached hydrogen (secondary N) is 1. The normalized spacial score (nSPS) is 12.7. The number of methoxy groups -OCH3 is 1. The molecule has 0 saturated carbocycles. The van der Waals surface area contributed by atoms with Crippen LogP contribution in [0, 0.1) is 0 Å². The maximum Gasteiger partial charge on any atom is 0.237 e. The largest absolute Gasteiger partial charge is 0.497 e. The van der Waals surface area contributed by atoms with Crippen LogP contribution in [0.15, 0.2) is 24.3 Å². The lowest BCUT2D eigenvalue weighted by molar-refractivity contribution is -0.122. The molecule has 0 radical (unpaired) electrons. The van der Waals surface area contributed by atoms with Crippen molar-refractivity contribution in [3.8, 4) is 11.5 Å². The summed E-state index contributed by atoms with van der Waals surface area (Å²) in [5.74, 6) is 2.19. The van der Waals surface area contributed by atoms with Gasteiger partial charge in [-0.15, -0.1) is 12.4 Å². The monoisotopic (exact) mass is 348 g/mol. The molecule has 5 nitrogen and oxygen atoms in total. The average molecular weight is 349 g/mol. The molecule has 0 bridgehead atoms. The molecule has 0 saturated heterocycles. The Kier molecular flexibility index (Phi) is 10.9. The van der Waals surface area contributed by atoms with Gasteiger partial charge in [-0.3, -0.25) is 4.79 Å². The van der Waals surface area contributed by atoms with E-state index >= 15 is 0 Å². The quantitative estimate of drug-likeness (QED) is 0.714. The van der Waals surface area contributed by atoms with E-state index in [1.165, 1.54) is 0 Å². The Bertz CT molecular complexity index is 449. The number of thioether (sulfide) groups is 1. The lowest BCUT2D eigenvalue weighted by Gasteiger charge is -2.17. The van der Waals surface area contributed by atoms with Gasteiger partial charge in [0.2, 0.25) is 5.91 Å². The van der Waals surface area contributed by atoms with Crippen LogP contribution in [-0.4, -0.2) is 43.7 Å². The Morgan fingerprint density at radius 2 is 2.09 bits per heavy atom. The van der Waals surface area contributed by atoms with Crippen molar-refractivity contribution in [2.24, 2.45) is 5.73 Å². The summed E-state index contributed by atoms with van der Waals surface area (Å²) in [4.78, 5) is 11.8. The molecule has 1 aromatic carbocycles. The lowest BCUT2D eigenvalue weighted by atomic mass is 10.2. The molecule has 0 spiro atoms. The second kappa shape index (κ2) is 11.5. The Morgan fingerprint density at radius 3 is 2.73 bits per heavy atom. The van der Waals surface area contributed by atoms with Crippen molar-refractivity contribution < 1.29 is 14.3 Å². The predicted octanol–water partition coefficient (Wildman–Crippen LogP) is 2.08. The van der Waals surface area contributed by atoms with Crippen molar-refractivity contribution in [1.29, 1.82) is 0 Å². The molecule has 1 rings (SSSR count). The second-order valence-corrected chi connectivity index (χ2v) is 5.73. The summed E-state index contributed by atoms with van der Waals surface area (Å²) in [5, 5.41) is 2.81. The molecule has 0 aliphatic carbocycles. The molecular formula is C15H25ClN2O3S. The van der Waals surface area contributed by atoms with Gasteiger partial charge in [-0.05, 0) is 37.5 Å². The number of ether oxygens (including phenoxy) is 2. The van der Waals surface area contributed by atoms with Gasteiger partial charge >= 0.3 is 0 Å². The van der Waals surface area contributed by atoms with Crippen molar-refractivity contribution in [3.05, 3.63) is 24.3 Å². The van der Waals surface area contributed by atoms with E-state index in [1.807, 2.05) is 37.4 Å². The predicted molar refractivity (Wildman–Crippen MR) is 94.3 cm³/mol. The van der Waals surface area contributed by atoms with Crippen molar-refractivity contribution in [2.45, 2.75) is 25.5 Å². The maximum atomic E-state index is 11.8. The van der Waals surface area contributed by atoms with E-state index in [4.69, 9.17) is 15.2 Å². The Morgan fingerprint density at radius 1 is 1.41 bits per heavy atom. The average Bonchev–Trinajstić information content (AvgIpc) is 2.50. The van der Waals surface area contributed by atoms with Crippen LogP contribution in [0.3, 0.4) is 0 Å². The number of amides is 1. The second-order valence-electron chi connectivity index (χ2n) is 4.74. The van der Waals surface area contributed by atoms with Gasteiger partial charge in [-0.1, -0.05) is 6.07 Å². The number of hydrogen-bond donors (Lipinski definition) is 2. The minimum Gasteiger partial charge on any atom is -0.497 e. The number of rotatable bonds is 9. The van der Waals surface area contributed by atoms with Crippen LogP contribution in [0.2, 0.25) is 0 Å². The summed E-state index contributed by atoms with van der Waals surface area (Å²) in [5.41, 5.74) is 5.80. The fourth-order valence-corrected chi connectivity index (χ4v) is 2.19. The standard InChI is InChI=1S/C15H24N2O3S.ClH/c1-11(10-17-15(18)14(16)7-8-21-3)20-13-6-4-5-12(9-13)19-2;/h4-6,9,11,14H,7-8,10,16H2,1-3H3,(H,17,18);1H/t11?,14-;/m0./s1. The molecule has 1 aromatic rings. The van der Waals surface area contributed by atoms with E-state index in [0.717, 1.165) is 11.5 Å². The lowest BCUT2D eigenvalue weighted by Crippen LogP contribution is -2.44. The first kappa shape index (κ1) is 20.9. The van der Waals surface area contributed by atoms with Crippen LogP contribution in [-0.2, 0) is 4.79 Å². The van der Waals surface area contributed by atoms with Gasteiger partial charge in [-0.2, -0.15) is 11.8 Å². The van der Waals surface area contributed by atoms with E-state index in [-0.39, 0.29) is 24.4 Å². The molecule has 0 aliphatic heterocycles. The van der Waals surface area contributed by atoms with E-state index in [2.05, 4.69) is 5.32 Å². The molecule has 22 heavy (non-hydrogen) atoms. The fourth-order valence-electron chi connectivity index (χ4n) is 1.70. The van der Waals surface area contributed by atoms with E-state index in [9.17, 15) is 4.79 Å². The molecule has 0 aromatic heterocycles. The molecular weight excluding hydrogens is 324 g/mol. The summed E-state index contributed by atoms with van der Waals surface area (Å²) < 4.78 is 10.9. The highest BCUT2D eigenvalue weighted by Gasteiger charge is 2.14. The zero-order chi connectivity index (χ0) is 15.7. The first-order valence-corrected chi connectivity index (χ1v) is 8.29. The minimum absolute atomic E-state index is 0. The summed E-state index contributed by atoms with van der Waals surface area (Å²) >= 11 is 1.68. The van der Waals surface area contributed by atoms with Crippen molar-refractivity contribution in [3.63, 3.8) is 0 Å². The topological polar surface area (TPSA) is 73.6 Å². The van der Waals surface area contributed by atoms with Gasteiger partial charge in [0.05, 0.1) is 19.7 Å². The summed E-state index contributed by atoms with van der Waals surface area (Å²) in [6.45, 7) is 2.32. The molecule has 0 fully saturated rings. The number of hydrogen-bond acceptors (Lipinski definition) is 5. The van der Waals surface area contributed by atoms with Crippen molar-refractivity contribution in [2.75, 3.05) is 25.7 Å². The Hall–Kier alpha value is -1.11. The first-order chi connectivity index (χ1) is 10.1. The summed E-state index contributed by atoms with van der Waals surface area (Å²) in [6.07, 6.45) is 2.53. The molecule has 1 unspecified atom stereocenters. The maximum absolute atomic E-state index is 11.8. The fraction of sp³-hybridized carbons (Fsp3) is 0.533. The Balaban J connectivity index is 0.00000441. The summed E-state index contributed by atoms with van der Waals surface area (Å²) in [6, 6.07) is 6.91. The van der Waals surface area contributed by atoms with Gasteiger partial charge in [-0.25, -0.2) is 0 Å². The highest BCUT2D eigenvalue weighted by Crippen LogP contribution is 2.19. The number of benzene rings is 1. The van der Waals surface area contributed by atoms with E-state index in [1.54, 1.807) is 18.9 Å². The van der Waals surface area contributed by atoms with Crippen LogP contribution in [0.5, 0.6) is 11.5 Å². The van der Waals surface area contributed by atoms with Gasteiger partial charge < -0.3 is 20.5 Å². The van der Waals surface area contributed by atoms with Crippen LogP contribution in [0.4, 0.5) is 0 Å². The third kappa shape index (κ3) is 7.77. The van der Waals surface area contributed by atoms with Crippen LogP contribution in [0.25, 0.3) is 0 Å². The van der Waals surface area contributed by atoms with Gasteiger partial charge in [0.25, 0.3) is 0 Å². The zero-order valence-corrected chi connectivity index (χ0v) is 14.8. The smallest absolute Gasteiger partial charge is 0.237 e. The highest BCUT2D eigenvalue weighted by molar-refractivity contribution is 7.98. The zero-order valence-electron chi connectivity index (χ0n) is 13.2. The van der Waals surface area contributed by atoms with E-state index < -0.39 is 6.04 Å². The highest BCUT2D eigenvalue weighted by atomic mass is 35.5. The third-order valence-corrected chi connectivity index (χ3v) is 3.56. The number of halogens is 1. The summed E-state index contributed by atoms with van der Waals surface area (Å²) in [7, 11) is 1.61. The number of nitrogens with two attached hydrogens (primary N) is 1.